The molecule has 2 aromatic carbocycles. The molecule has 0 aliphatic rings. The number of ether oxygens (including phenoxy) is 1. The summed E-state index contributed by atoms with van der Waals surface area (Å²) in [5, 5.41) is 2.86. The van der Waals surface area contributed by atoms with E-state index >= 15 is 0 Å². The van der Waals surface area contributed by atoms with Crippen LogP contribution in [0.25, 0.3) is 0 Å². The molecule has 0 radical (unpaired) electrons. The van der Waals surface area contributed by atoms with Crippen LogP contribution in [0.15, 0.2) is 77.8 Å². The number of pyridine rings is 1. The summed E-state index contributed by atoms with van der Waals surface area (Å²) in [5.41, 5.74) is 0.883. The molecular weight excluding hydrogens is 414 g/mol. The first-order chi connectivity index (χ1) is 15.0. The number of carbonyl (C=O) groups excluding carboxylic acids is 1. The van der Waals surface area contributed by atoms with Crippen molar-refractivity contribution in [2.45, 2.75) is 31.1 Å². The Labute approximate surface area is 182 Å². The molecule has 31 heavy (non-hydrogen) atoms. The van der Waals surface area contributed by atoms with E-state index in [2.05, 4.69) is 21.9 Å². The molecule has 2 N–H and O–H groups in total. The Kier molecular flexibility index (Phi) is 7.61. The minimum Gasteiger partial charge on any atom is -0.439 e. The molecule has 8 heteroatoms. The summed E-state index contributed by atoms with van der Waals surface area (Å²) in [4.78, 5) is 16.4. The van der Waals surface area contributed by atoms with Crippen LogP contribution in [0.1, 0.15) is 36.5 Å². The minimum atomic E-state index is -3.65. The Morgan fingerprint density at radius 1 is 0.968 bits per heavy atom. The van der Waals surface area contributed by atoms with Gasteiger partial charge in [-0.1, -0.05) is 38.0 Å². The molecule has 1 amide bonds. The predicted octanol–water partition coefficient (Wildman–Crippen LogP) is 4.59. The van der Waals surface area contributed by atoms with Crippen LogP contribution in [0.4, 0.5) is 5.69 Å². The molecule has 0 bridgehead atoms. The first-order valence-electron chi connectivity index (χ1n) is 10.1. The van der Waals surface area contributed by atoms with E-state index < -0.39 is 10.0 Å². The van der Waals surface area contributed by atoms with Crippen LogP contribution in [-0.2, 0) is 10.0 Å². The molecule has 0 saturated heterocycles. The first-order valence-corrected chi connectivity index (χ1v) is 11.6. The zero-order chi connectivity index (χ0) is 22.1. The van der Waals surface area contributed by atoms with E-state index in [0.29, 0.717) is 29.4 Å². The van der Waals surface area contributed by atoms with Gasteiger partial charge in [0.05, 0.1) is 10.5 Å². The summed E-state index contributed by atoms with van der Waals surface area (Å²) in [6.07, 6.45) is 4.60. The van der Waals surface area contributed by atoms with Gasteiger partial charge in [0.1, 0.15) is 5.75 Å². The normalized spacial score (nSPS) is 11.0. The van der Waals surface area contributed by atoms with E-state index in [0.717, 1.165) is 19.3 Å². The number of hydrogen-bond donors (Lipinski definition) is 2. The monoisotopic (exact) mass is 439 g/mol. The average molecular weight is 440 g/mol. The summed E-state index contributed by atoms with van der Waals surface area (Å²) in [6, 6.07) is 17.9. The Morgan fingerprint density at radius 2 is 1.71 bits per heavy atom. The Hall–Kier alpha value is -3.39. The zero-order valence-electron chi connectivity index (χ0n) is 17.2. The van der Waals surface area contributed by atoms with Gasteiger partial charge in [0.15, 0.2) is 0 Å². The van der Waals surface area contributed by atoms with Crippen LogP contribution in [0.5, 0.6) is 11.6 Å². The van der Waals surface area contributed by atoms with Crippen molar-refractivity contribution in [1.82, 2.24) is 10.3 Å². The van der Waals surface area contributed by atoms with Crippen molar-refractivity contribution >= 4 is 21.6 Å². The van der Waals surface area contributed by atoms with Crippen LogP contribution in [0, 0.1) is 0 Å². The molecule has 0 fully saturated rings. The Balaban J connectivity index is 1.57. The van der Waals surface area contributed by atoms with Gasteiger partial charge in [0, 0.05) is 24.5 Å². The van der Waals surface area contributed by atoms with E-state index in [4.69, 9.17) is 4.74 Å². The number of rotatable bonds is 10. The van der Waals surface area contributed by atoms with E-state index in [-0.39, 0.29) is 10.8 Å². The number of anilines is 1. The highest BCUT2D eigenvalue weighted by atomic mass is 32.2. The number of aromatic nitrogens is 1. The summed E-state index contributed by atoms with van der Waals surface area (Å²) in [5.74, 6) is 0.664. The Morgan fingerprint density at radius 3 is 2.35 bits per heavy atom. The number of benzene rings is 2. The zero-order valence-corrected chi connectivity index (χ0v) is 18.1. The molecule has 1 heterocycles. The van der Waals surface area contributed by atoms with E-state index in [1.54, 1.807) is 54.6 Å². The largest absolute Gasteiger partial charge is 0.439 e. The molecule has 0 spiro atoms. The van der Waals surface area contributed by atoms with Crippen LogP contribution >= 0.6 is 0 Å². The number of hydrogen-bond acceptors (Lipinski definition) is 5. The van der Waals surface area contributed by atoms with Gasteiger partial charge in [-0.15, -0.1) is 0 Å². The van der Waals surface area contributed by atoms with Gasteiger partial charge in [-0.25, -0.2) is 13.4 Å². The predicted molar refractivity (Wildman–Crippen MR) is 120 cm³/mol. The summed E-state index contributed by atoms with van der Waals surface area (Å²) in [6.45, 7) is 2.76. The lowest BCUT2D eigenvalue weighted by atomic mass is 10.2. The van der Waals surface area contributed by atoms with Crippen molar-refractivity contribution in [3.63, 3.8) is 0 Å². The van der Waals surface area contributed by atoms with Crippen molar-refractivity contribution in [1.29, 1.82) is 0 Å². The molecule has 0 aliphatic heterocycles. The third kappa shape index (κ3) is 6.55. The molecule has 0 aliphatic carbocycles. The highest BCUT2D eigenvalue weighted by Gasteiger charge is 2.13. The van der Waals surface area contributed by atoms with E-state index in [1.807, 2.05) is 0 Å². The summed E-state index contributed by atoms with van der Waals surface area (Å²) >= 11 is 0. The van der Waals surface area contributed by atoms with Gasteiger partial charge in [-0.3, -0.25) is 9.52 Å². The number of nitrogens with zero attached hydrogens (tertiary/aromatic N) is 1. The number of nitrogens with one attached hydrogen (secondary N) is 2. The number of sulfonamides is 1. The second-order valence-electron chi connectivity index (χ2n) is 6.89. The van der Waals surface area contributed by atoms with Gasteiger partial charge < -0.3 is 10.1 Å². The second kappa shape index (κ2) is 10.6. The number of amides is 1. The standard InChI is InChI=1S/C23H25N3O4S/c1-2-3-7-16-24-23(27)18-10-15-22(25-17-18)30-20-13-11-19(12-14-20)26-31(28,29)21-8-5-4-6-9-21/h4-6,8-15,17,26H,2-3,7,16H2,1H3,(H,24,27). The fourth-order valence-electron chi connectivity index (χ4n) is 2.78. The molecule has 0 unspecified atom stereocenters. The fraction of sp³-hybridized carbons (Fsp3) is 0.217. The van der Waals surface area contributed by atoms with Crippen molar-refractivity contribution in [2.75, 3.05) is 11.3 Å². The fourth-order valence-corrected chi connectivity index (χ4v) is 3.86. The highest BCUT2D eigenvalue weighted by Crippen LogP contribution is 2.23. The second-order valence-corrected chi connectivity index (χ2v) is 8.58. The third-order valence-corrected chi connectivity index (χ3v) is 5.84. The molecule has 0 atom stereocenters. The minimum absolute atomic E-state index is 0.162. The molecule has 7 nitrogen and oxygen atoms in total. The highest BCUT2D eigenvalue weighted by molar-refractivity contribution is 7.92. The van der Waals surface area contributed by atoms with Crippen molar-refractivity contribution < 1.29 is 17.9 Å². The molecule has 3 rings (SSSR count). The van der Waals surface area contributed by atoms with Crippen LogP contribution < -0.4 is 14.8 Å². The SMILES string of the molecule is CCCCCNC(=O)c1ccc(Oc2ccc(NS(=O)(=O)c3ccccc3)cc2)nc1. The lowest BCUT2D eigenvalue weighted by Crippen LogP contribution is -2.24. The third-order valence-electron chi connectivity index (χ3n) is 4.45. The maximum Gasteiger partial charge on any atom is 0.261 e. The Bertz CT molecular complexity index is 1080. The average Bonchev–Trinajstić information content (AvgIpc) is 2.79. The number of carbonyl (C=O) groups is 1. The molecule has 1 aromatic heterocycles. The topological polar surface area (TPSA) is 97.4 Å². The van der Waals surface area contributed by atoms with Gasteiger partial charge in [0.25, 0.3) is 15.9 Å². The van der Waals surface area contributed by atoms with Crippen LogP contribution in [0.2, 0.25) is 0 Å². The smallest absolute Gasteiger partial charge is 0.261 e. The van der Waals surface area contributed by atoms with Gasteiger partial charge in [-0.05, 0) is 48.9 Å². The van der Waals surface area contributed by atoms with Gasteiger partial charge in [0.2, 0.25) is 5.88 Å². The molecule has 3 aromatic rings. The lowest BCUT2D eigenvalue weighted by molar-refractivity contribution is 0.0952. The van der Waals surface area contributed by atoms with Crippen LogP contribution in [0.3, 0.4) is 0 Å². The summed E-state index contributed by atoms with van der Waals surface area (Å²) < 4.78 is 33.0. The lowest BCUT2D eigenvalue weighted by Gasteiger charge is -2.10. The first kappa shape index (κ1) is 22.3. The van der Waals surface area contributed by atoms with Crippen molar-refractivity contribution in [3.05, 3.63) is 78.5 Å². The maximum atomic E-state index is 12.4. The van der Waals surface area contributed by atoms with Gasteiger partial charge in [-0.2, -0.15) is 0 Å². The van der Waals surface area contributed by atoms with Crippen LogP contribution in [-0.4, -0.2) is 25.9 Å². The maximum absolute atomic E-state index is 12.4. The quantitative estimate of drug-likeness (QED) is 0.450. The summed E-state index contributed by atoms with van der Waals surface area (Å²) in [7, 11) is -3.65. The van der Waals surface area contributed by atoms with E-state index in [9.17, 15) is 13.2 Å². The van der Waals surface area contributed by atoms with Crippen molar-refractivity contribution in [3.8, 4) is 11.6 Å². The molecule has 0 saturated carbocycles. The van der Waals surface area contributed by atoms with Gasteiger partial charge >= 0.3 is 0 Å². The van der Waals surface area contributed by atoms with E-state index in [1.165, 1.54) is 18.3 Å². The molecular formula is C23H25N3O4S. The van der Waals surface area contributed by atoms with Crippen molar-refractivity contribution in [2.24, 2.45) is 0 Å². The molecule has 162 valence electrons. The number of unbranched alkanes of at least 4 members (excludes halogenated alkanes) is 2.